The average molecular weight is 252 g/mol. The van der Waals surface area contributed by atoms with E-state index in [0.717, 1.165) is 45.2 Å². The van der Waals surface area contributed by atoms with Crippen LogP contribution >= 0.6 is 0 Å². The molecule has 0 aromatic rings. The molecule has 2 saturated heterocycles. The molecule has 1 atom stereocenters. The maximum atomic E-state index is 12.6. The molecule has 2 fully saturated rings. The molecule has 1 N–H and O–H groups in total. The van der Waals surface area contributed by atoms with Crippen molar-refractivity contribution in [1.29, 1.82) is 0 Å². The molecule has 4 nitrogen and oxygen atoms in total. The zero-order valence-electron chi connectivity index (χ0n) is 11.5. The highest BCUT2D eigenvalue weighted by Crippen LogP contribution is 2.40. The third kappa shape index (κ3) is 2.18. The molecule has 2 aliphatic heterocycles. The molecule has 0 bridgehead atoms. The SMILES string of the molecule is CCC1(CC)CC(=O)N(C2CCCNCC2)C1=O. The summed E-state index contributed by atoms with van der Waals surface area (Å²) in [5.41, 5.74) is -0.406. The fraction of sp³-hybridized carbons (Fsp3) is 0.857. The van der Waals surface area contributed by atoms with Gasteiger partial charge in [-0.25, -0.2) is 0 Å². The van der Waals surface area contributed by atoms with E-state index in [1.807, 2.05) is 13.8 Å². The number of carbonyl (C=O) groups excluding carboxylic acids is 2. The van der Waals surface area contributed by atoms with Gasteiger partial charge in [0, 0.05) is 12.5 Å². The van der Waals surface area contributed by atoms with Crippen LogP contribution in [0.3, 0.4) is 0 Å². The number of likely N-dealkylation sites (tertiary alicyclic amines) is 1. The first-order chi connectivity index (χ1) is 8.64. The highest BCUT2D eigenvalue weighted by atomic mass is 16.2. The standard InChI is InChI=1S/C14H24N2O2/c1-3-14(4-2)10-12(17)16(13(14)18)11-6-5-8-15-9-7-11/h11,15H,3-10H2,1-2H3. The molecular formula is C14H24N2O2. The van der Waals surface area contributed by atoms with Crippen LogP contribution < -0.4 is 5.32 Å². The number of rotatable bonds is 3. The highest BCUT2D eigenvalue weighted by Gasteiger charge is 2.50. The minimum Gasteiger partial charge on any atom is -0.317 e. The lowest BCUT2D eigenvalue weighted by Crippen LogP contribution is -2.42. The van der Waals surface area contributed by atoms with Gasteiger partial charge in [0.15, 0.2) is 0 Å². The van der Waals surface area contributed by atoms with Crippen LogP contribution in [0, 0.1) is 5.41 Å². The summed E-state index contributed by atoms with van der Waals surface area (Å²) in [5.74, 6) is 0.139. The first-order valence-corrected chi connectivity index (χ1v) is 7.22. The normalized spacial score (nSPS) is 28.6. The molecule has 0 radical (unpaired) electrons. The van der Waals surface area contributed by atoms with Crippen molar-refractivity contribution >= 4 is 11.8 Å². The lowest BCUT2D eigenvalue weighted by Gasteiger charge is -2.28. The Morgan fingerprint density at radius 2 is 1.94 bits per heavy atom. The molecule has 0 aliphatic carbocycles. The number of imide groups is 1. The molecule has 2 aliphatic rings. The molecule has 0 aromatic heterocycles. The van der Waals surface area contributed by atoms with Crippen molar-refractivity contribution in [1.82, 2.24) is 10.2 Å². The summed E-state index contributed by atoms with van der Waals surface area (Å²) < 4.78 is 0. The largest absolute Gasteiger partial charge is 0.317 e. The lowest BCUT2D eigenvalue weighted by molar-refractivity contribution is -0.144. The van der Waals surface area contributed by atoms with Gasteiger partial charge in [0.05, 0.1) is 5.41 Å². The quantitative estimate of drug-likeness (QED) is 0.778. The smallest absolute Gasteiger partial charge is 0.236 e. The van der Waals surface area contributed by atoms with Crippen LogP contribution in [0.4, 0.5) is 0 Å². The van der Waals surface area contributed by atoms with E-state index < -0.39 is 5.41 Å². The van der Waals surface area contributed by atoms with Crippen LogP contribution in [-0.4, -0.2) is 35.8 Å². The van der Waals surface area contributed by atoms with Crippen molar-refractivity contribution in [3.63, 3.8) is 0 Å². The first-order valence-electron chi connectivity index (χ1n) is 7.22. The second-order valence-electron chi connectivity index (χ2n) is 5.57. The van der Waals surface area contributed by atoms with Crippen molar-refractivity contribution in [3.05, 3.63) is 0 Å². The van der Waals surface area contributed by atoms with Crippen LogP contribution in [-0.2, 0) is 9.59 Å². The minimum atomic E-state index is -0.406. The number of hydrogen-bond donors (Lipinski definition) is 1. The molecule has 18 heavy (non-hydrogen) atoms. The second kappa shape index (κ2) is 5.39. The van der Waals surface area contributed by atoms with Crippen molar-refractivity contribution in [2.45, 2.75) is 58.4 Å². The summed E-state index contributed by atoms with van der Waals surface area (Å²) in [4.78, 5) is 26.4. The molecule has 2 amide bonds. The number of amides is 2. The van der Waals surface area contributed by atoms with E-state index in [0.29, 0.717) is 6.42 Å². The summed E-state index contributed by atoms with van der Waals surface area (Å²) in [5, 5.41) is 3.33. The zero-order chi connectivity index (χ0) is 13.2. The lowest BCUT2D eigenvalue weighted by atomic mass is 9.81. The Morgan fingerprint density at radius 3 is 2.56 bits per heavy atom. The average Bonchev–Trinajstić information content (AvgIpc) is 2.57. The van der Waals surface area contributed by atoms with Crippen molar-refractivity contribution in [2.24, 2.45) is 5.41 Å². The minimum absolute atomic E-state index is 0.0515. The third-order valence-electron chi connectivity index (χ3n) is 4.69. The van der Waals surface area contributed by atoms with Crippen LogP contribution in [0.1, 0.15) is 52.4 Å². The van der Waals surface area contributed by atoms with Gasteiger partial charge >= 0.3 is 0 Å². The van der Waals surface area contributed by atoms with Crippen LogP contribution in [0.5, 0.6) is 0 Å². The van der Waals surface area contributed by atoms with E-state index in [-0.39, 0.29) is 17.9 Å². The molecule has 102 valence electrons. The Labute approximate surface area is 109 Å². The number of nitrogens with zero attached hydrogens (tertiary/aromatic N) is 1. The van der Waals surface area contributed by atoms with Crippen molar-refractivity contribution < 1.29 is 9.59 Å². The van der Waals surface area contributed by atoms with Gasteiger partial charge in [-0.05, 0) is 45.2 Å². The van der Waals surface area contributed by atoms with E-state index in [4.69, 9.17) is 0 Å². The third-order valence-corrected chi connectivity index (χ3v) is 4.69. The van der Waals surface area contributed by atoms with Crippen molar-refractivity contribution in [3.8, 4) is 0 Å². The zero-order valence-corrected chi connectivity index (χ0v) is 11.5. The van der Waals surface area contributed by atoms with E-state index in [1.54, 1.807) is 4.90 Å². The topological polar surface area (TPSA) is 49.4 Å². The van der Waals surface area contributed by atoms with Gasteiger partial charge in [0.1, 0.15) is 0 Å². The predicted octanol–water partition coefficient (Wildman–Crippen LogP) is 1.69. The maximum absolute atomic E-state index is 12.6. The van der Waals surface area contributed by atoms with Gasteiger partial charge in [-0.3, -0.25) is 14.5 Å². The van der Waals surface area contributed by atoms with Gasteiger partial charge in [0.2, 0.25) is 11.8 Å². The summed E-state index contributed by atoms with van der Waals surface area (Å²) in [7, 11) is 0. The van der Waals surface area contributed by atoms with E-state index in [1.165, 1.54) is 0 Å². The Balaban J connectivity index is 2.17. The van der Waals surface area contributed by atoms with Crippen molar-refractivity contribution in [2.75, 3.05) is 13.1 Å². The Hall–Kier alpha value is -0.900. The second-order valence-corrected chi connectivity index (χ2v) is 5.57. The molecule has 4 heteroatoms. The monoisotopic (exact) mass is 252 g/mol. The molecule has 0 aromatic carbocycles. The summed E-state index contributed by atoms with van der Waals surface area (Å²) in [6, 6.07) is 0.125. The van der Waals surface area contributed by atoms with Gasteiger partial charge < -0.3 is 5.32 Å². The van der Waals surface area contributed by atoms with Crippen LogP contribution in [0.2, 0.25) is 0 Å². The maximum Gasteiger partial charge on any atom is 0.236 e. The molecule has 1 unspecified atom stereocenters. The first kappa shape index (κ1) is 13.5. The Morgan fingerprint density at radius 1 is 1.22 bits per heavy atom. The van der Waals surface area contributed by atoms with Gasteiger partial charge in [0.25, 0.3) is 0 Å². The molecular weight excluding hydrogens is 228 g/mol. The van der Waals surface area contributed by atoms with Gasteiger partial charge in [-0.1, -0.05) is 13.8 Å². The van der Waals surface area contributed by atoms with E-state index in [9.17, 15) is 9.59 Å². The summed E-state index contributed by atoms with van der Waals surface area (Å²) in [6.07, 6.45) is 4.87. The van der Waals surface area contributed by atoms with Gasteiger partial charge in [-0.2, -0.15) is 0 Å². The number of nitrogens with one attached hydrogen (secondary N) is 1. The molecule has 2 heterocycles. The van der Waals surface area contributed by atoms with Crippen LogP contribution in [0.25, 0.3) is 0 Å². The molecule has 2 rings (SSSR count). The van der Waals surface area contributed by atoms with E-state index in [2.05, 4.69) is 5.32 Å². The predicted molar refractivity (Wildman–Crippen MR) is 70.0 cm³/mol. The summed E-state index contributed by atoms with van der Waals surface area (Å²) in [6.45, 7) is 5.95. The molecule has 0 spiro atoms. The Kier molecular flexibility index (Phi) is 4.05. The fourth-order valence-electron chi connectivity index (χ4n) is 3.25. The van der Waals surface area contributed by atoms with Gasteiger partial charge in [-0.15, -0.1) is 0 Å². The molecule has 0 saturated carbocycles. The van der Waals surface area contributed by atoms with Crippen LogP contribution in [0.15, 0.2) is 0 Å². The highest BCUT2D eigenvalue weighted by molar-refractivity contribution is 6.06. The number of carbonyl (C=O) groups is 2. The number of hydrogen-bond acceptors (Lipinski definition) is 3. The fourth-order valence-corrected chi connectivity index (χ4v) is 3.25. The summed E-state index contributed by atoms with van der Waals surface area (Å²) >= 11 is 0. The Bertz CT molecular complexity index is 329. The van der Waals surface area contributed by atoms with E-state index >= 15 is 0 Å².